The third-order valence-electron chi connectivity index (χ3n) is 2.80. The number of hydrogen-bond acceptors (Lipinski definition) is 4. The molecule has 0 radical (unpaired) electrons. The van der Waals surface area contributed by atoms with Crippen LogP contribution in [0.15, 0.2) is 35.0 Å². The molecule has 3 aromatic rings. The highest BCUT2D eigenvalue weighted by Gasteiger charge is 2.11. The lowest BCUT2D eigenvalue weighted by molar-refractivity contribution is 0.554. The minimum absolute atomic E-state index is 0.538. The number of nitrogens with two attached hydrogens (primary N) is 1. The van der Waals surface area contributed by atoms with Crippen LogP contribution in [0.5, 0.6) is 0 Å². The van der Waals surface area contributed by atoms with Crippen molar-refractivity contribution in [1.82, 2.24) is 14.5 Å². The number of rotatable bonds is 3. The number of benzene rings is 1. The van der Waals surface area contributed by atoms with Crippen LogP contribution in [-0.4, -0.2) is 14.5 Å². The molecule has 5 heteroatoms. The van der Waals surface area contributed by atoms with E-state index >= 15 is 0 Å². The minimum atomic E-state index is 0.538. The summed E-state index contributed by atoms with van der Waals surface area (Å²) in [6.07, 6.45) is 5.55. The number of hydrogen-bond donors (Lipinski definition) is 1. The van der Waals surface area contributed by atoms with Crippen molar-refractivity contribution in [2.45, 2.75) is 19.8 Å². The van der Waals surface area contributed by atoms with Crippen molar-refractivity contribution in [3.05, 3.63) is 36.4 Å². The molecule has 0 fully saturated rings. The fourth-order valence-corrected chi connectivity index (χ4v) is 1.95. The first-order valence-electron chi connectivity index (χ1n) is 5.96. The minimum Gasteiger partial charge on any atom is -0.423 e. The Morgan fingerprint density at radius 2 is 2.28 bits per heavy atom. The smallest absolute Gasteiger partial charge is 0.308 e. The van der Waals surface area contributed by atoms with E-state index in [-0.39, 0.29) is 0 Å². The normalized spacial score (nSPS) is 11.2. The van der Waals surface area contributed by atoms with Gasteiger partial charge in [-0.1, -0.05) is 6.92 Å². The summed E-state index contributed by atoms with van der Waals surface area (Å²) in [6, 6.07) is 5.98. The van der Waals surface area contributed by atoms with Gasteiger partial charge in [0, 0.05) is 24.5 Å². The Bertz CT molecular complexity index is 683. The molecule has 0 saturated heterocycles. The van der Waals surface area contributed by atoms with Crippen LogP contribution in [0.4, 0.5) is 5.69 Å². The van der Waals surface area contributed by atoms with Crippen molar-refractivity contribution in [2.24, 2.45) is 0 Å². The number of nitrogens with zero attached hydrogens (tertiary/aromatic N) is 3. The van der Waals surface area contributed by atoms with E-state index in [2.05, 4.69) is 16.9 Å². The summed E-state index contributed by atoms with van der Waals surface area (Å²) >= 11 is 0. The molecule has 0 amide bonds. The SMILES string of the molecule is CCCc1nccn1-c1nc2cc(N)ccc2o1. The maximum absolute atomic E-state index is 5.73. The zero-order chi connectivity index (χ0) is 12.5. The van der Waals surface area contributed by atoms with Crippen LogP contribution in [0.2, 0.25) is 0 Å². The average Bonchev–Trinajstić information content (AvgIpc) is 2.94. The molecule has 0 aliphatic rings. The quantitative estimate of drug-likeness (QED) is 0.716. The Kier molecular flexibility index (Phi) is 2.51. The first-order valence-corrected chi connectivity index (χ1v) is 5.96. The first-order chi connectivity index (χ1) is 8.78. The van der Waals surface area contributed by atoms with Crippen molar-refractivity contribution in [3.8, 4) is 6.01 Å². The Morgan fingerprint density at radius 3 is 3.11 bits per heavy atom. The van der Waals surface area contributed by atoms with Crippen LogP contribution < -0.4 is 5.73 Å². The van der Waals surface area contributed by atoms with E-state index in [4.69, 9.17) is 10.2 Å². The third kappa shape index (κ3) is 1.73. The summed E-state index contributed by atoms with van der Waals surface area (Å²) in [5.74, 6) is 0.956. The van der Waals surface area contributed by atoms with Gasteiger partial charge in [0.2, 0.25) is 0 Å². The summed E-state index contributed by atoms with van der Waals surface area (Å²) in [5.41, 5.74) is 7.91. The maximum Gasteiger partial charge on any atom is 0.308 e. The molecule has 92 valence electrons. The highest BCUT2D eigenvalue weighted by molar-refractivity contribution is 5.77. The molecule has 0 unspecified atom stereocenters. The number of fused-ring (bicyclic) bond motifs is 1. The number of aromatic nitrogens is 3. The molecule has 3 rings (SSSR count). The van der Waals surface area contributed by atoms with E-state index in [1.54, 1.807) is 18.3 Å². The van der Waals surface area contributed by atoms with E-state index in [0.717, 1.165) is 29.8 Å². The van der Waals surface area contributed by atoms with Gasteiger partial charge in [-0.3, -0.25) is 4.57 Å². The van der Waals surface area contributed by atoms with Crippen molar-refractivity contribution in [1.29, 1.82) is 0 Å². The summed E-state index contributed by atoms with van der Waals surface area (Å²) in [7, 11) is 0. The van der Waals surface area contributed by atoms with Gasteiger partial charge in [0.05, 0.1) is 0 Å². The van der Waals surface area contributed by atoms with Crippen LogP contribution in [-0.2, 0) is 6.42 Å². The summed E-state index contributed by atoms with van der Waals surface area (Å²) in [6.45, 7) is 2.12. The highest BCUT2D eigenvalue weighted by Crippen LogP contribution is 2.21. The van der Waals surface area contributed by atoms with Crippen molar-refractivity contribution in [3.63, 3.8) is 0 Å². The Morgan fingerprint density at radius 1 is 1.39 bits per heavy atom. The molecule has 5 nitrogen and oxygen atoms in total. The second-order valence-corrected chi connectivity index (χ2v) is 4.19. The van der Waals surface area contributed by atoms with Crippen LogP contribution in [0.25, 0.3) is 17.1 Å². The second-order valence-electron chi connectivity index (χ2n) is 4.19. The van der Waals surface area contributed by atoms with Gasteiger partial charge in [-0.05, 0) is 24.6 Å². The number of imidazole rings is 1. The van der Waals surface area contributed by atoms with Gasteiger partial charge in [-0.15, -0.1) is 0 Å². The van der Waals surface area contributed by atoms with Crippen molar-refractivity contribution >= 4 is 16.8 Å². The van der Waals surface area contributed by atoms with E-state index in [9.17, 15) is 0 Å². The lowest BCUT2D eigenvalue weighted by Gasteiger charge is -2.00. The number of nitrogen functional groups attached to an aromatic ring is 1. The molecule has 0 bridgehead atoms. The molecule has 0 spiro atoms. The molecule has 0 atom stereocenters. The monoisotopic (exact) mass is 242 g/mol. The Labute approximate surface area is 104 Å². The molecular formula is C13H14N4O. The maximum atomic E-state index is 5.73. The fraction of sp³-hybridized carbons (Fsp3) is 0.231. The predicted molar refractivity (Wildman–Crippen MR) is 69.5 cm³/mol. The summed E-state index contributed by atoms with van der Waals surface area (Å²) in [4.78, 5) is 8.74. The molecule has 0 saturated carbocycles. The number of aryl methyl sites for hydroxylation is 1. The van der Waals surface area contributed by atoms with Crippen molar-refractivity contribution < 1.29 is 4.42 Å². The van der Waals surface area contributed by atoms with E-state index in [1.165, 1.54) is 0 Å². The Hall–Kier alpha value is -2.30. The lowest BCUT2D eigenvalue weighted by atomic mass is 10.3. The van der Waals surface area contributed by atoms with Gasteiger partial charge < -0.3 is 10.2 Å². The molecular weight excluding hydrogens is 228 g/mol. The molecule has 0 aliphatic heterocycles. The van der Waals surface area contributed by atoms with Gasteiger partial charge in [0.25, 0.3) is 0 Å². The summed E-state index contributed by atoms with van der Waals surface area (Å²) in [5, 5.41) is 0. The Balaban J connectivity index is 2.10. The lowest BCUT2D eigenvalue weighted by Crippen LogP contribution is -2.00. The van der Waals surface area contributed by atoms with Crippen molar-refractivity contribution in [2.75, 3.05) is 5.73 Å². The zero-order valence-corrected chi connectivity index (χ0v) is 10.1. The molecule has 2 N–H and O–H groups in total. The van der Waals surface area contributed by atoms with E-state index in [0.29, 0.717) is 11.7 Å². The van der Waals surface area contributed by atoms with E-state index in [1.807, 2.05) is 16.8 Å². The number of anilines is 1. The third-order valence-corrected chi connectivity index (χ3v) is 2.80. The van der Waals surface area contributed by atoms with Gasteiger partial charge in [-0.2, -0.15) is 4.98 Å². The largest absolute Gasteiger partial charge is 0.423 e. The van der Waals surface area contributed by atoms with Gasteiger partial charge >= 0.3 is 6.01 Å². The van der Waals surface area contributed by atoms with Crippen LogP contribution in [0, 0.1) is 0 Å². The zero-order valence-electron chi connectivity index (χ0n) is 10.1. The summed E-state index contributed by atoms with van der Waals surface area (Å²) < 4.78 is 7.59. The molecule has 18 heavy (non-hydrogen) atoms. The molecule has 2 aromatic heterocycles. The van der Waals surface area contributed by atoms with Gasteiger partial charge in [-0.25, -0.2) is 4.98 Å². The second kappa shape index (κ2) is 4.18. The van der Waals surface area contributed by atoms with Crippen LogP contribution in [0.1, 0.15) is 19.2 Å². The van der Waals surface area contributed by atoms with Crippen LogP contribution >= 0.6 is 0 Å². The average molecular weight is 242 g/mol. The van der Waals surface area contributed by atoms with Gasteiger partial charge in [0.1, 0.15) is 11.3 Å². The van der Waals surface area contributed by atoms with Crippen LogP contribution in [0.3, 0.4) is 0 Å². The highest BCUT2D eigenvalue weighted by atomic mass is 16.4. The molecule has 2 heterocycles. The molecule has 1 aromatic carbocycles. The number of oxazole rings is 1. The topological polar surface area (TPSA) is 69.9 Å². The molecule has 0 aliphatic carbocycles. The van der Waals surface area contributed by atoms with Gasteiger partial charge in [0.15, 0.2) is 5.58 Å². The standard InChI is InChI=1S/C13H14N4O/c1-2-3-12-15-6-7-17(12)13-16-10-8-9(14)4-5-11(10)18-13/h4-8H,2-3,14H2,1H3. The fourth-order valence-electron chi connectivity index (χ4n) is 1.95. The predicted octanol–water partition coefficient (Wildman–Crippen LogP) is 2.55. The van der Waals surface area contributed by atoms with E-state index < -0.39 is 0 Å². The first kappa shape index (κ1) is 10.8.